The first-order valence-corrected chi connectivity index (χ1v) is 7.17. The number of carbonyl (C=O) groups is 2. The van der Waals surface area contributed by atoms with Crippen molar-refractivity contribution in [3.63, 3.8) is 0 Å². The Labute approximate surface area is 129 Å². The van der Waals surface area contributed by atoms with E-state index in [0.717, 1.165) is 11.1 Å². The molecule has 5 heteroatoms. The number of rotatable bonds is 2. The largest absolute Gasteiger partial charge is 0.300 e. The Morgan fingerprint density at radius 3 is 2.67 bits per heavy atom. The van der Waals surface area contributed by atoms with Crippen LogP contribution in [0.1, 0.15) is 21.5 Å². The maximum absolute atomic E-state index is 13.7. The lowest BCUT2D eigenvalue weighted by Crippen LogP contribution is -2.29. The van der Waals surface area contributed by atoms with E-state index in [9.17, 15) is 14.0 Å². The molecule has 1 heterocycles. The molecule has 21 heavy (non-hydrogen) atoms. The number of hydrogen-bond donors (Lipinski definition) is 0. The predicted molar refractivity (Wildman–Crippen MR) is 80.8 cm³/mol. The van der Waals surface area contributed by atoms with Crippen molar-refractivity contribution in [3.8, 4) is 0 Å². The molecule has 0 spiro atoms. The Morgan fingerprint density at radius 2 is 1.95 bits per heavy atom. The first-order valence-electron chi connectivity index (χ1n) is 6.38. The molecule has 0 saturated heterocycles. The van der Waals surface area contributed by atoms with Crippen molar-refractivity contribution in [2.45, 2.75) is 13.5 Å². The van der Waals surface area contributed by atoms with Gasteiger partial charge in [-0.1, -0.05) is 29.8 Å². The van der Waals surface area contributed by atoms with Gasteiger partial charge in [0, 0.05) is 0 Å². The Balaban J connectivity index is 2.03. The summed E-state index contributed by atoms with van der Waals surface area (Å²) in [6.45, 7) is 2.20. The van der Waals surface area contributed by atoms with Crippen LogP contribution < -0.4 is 4.90 Å². The molecule has 2 aromatic carbocycles. The van der Waals surface area contributed by atoms with E-state index in [4.69, 9.17) is 0 Å². The van der Waals surface area contributed by atoms with Gasteiger partial charge in [-0.15, -0.1) is 0 Å². The SMILES string of the molecule is Cc1cccc(CN2C(=O)C(=O)c3cc(Br)c(F)cc32)c1. The van der Waals surface area contributed by atoms with Crippen LogP contribution in [-0.2, 0) is 11.3 Å². The smallest absolute Gasteiger partial charge is 0.299 e. The quantitative estimate of drug-likeness (QED) is 0.778. The minimum Gasteiger partial charge on any atom is -0.300 e. The summed E-state index contributed by atoms with van der Waals surface area (Å²) in [6, 6.07) is 10.2. The zero-order valence-electron chi connectivity index (χ0n) is 11.2. The molecular formula is C16H11BrFNO2. The third-order valence-electron chi connectivity index (χ3n) is 3.44. The number of benzene rings is 2. The van der Waals surface area contributed by atoms with Gasteiger partial charge in [-0.2, -0.15) is 0 Å². The Hall–Kier alpha value is -2.01. The molecule has 0 aromatic heterocycles. The normalized spacial score (nSPS) is 13.8. The van der Waals surface area contributed by atoms with Gasteiger partial charge >= 0.3 is 0 Å². The van der Waals surface area contributed by atoms with E-state index in [1.807, 2.05) is 31.2 Å². The second-order valence-electron chi connectivity index (χ2n) is 4.99. The van der Waals surface area contributed by atoms with Crippen molar-refractivity contribution in [2.24, 2.45) is 0 Å². The van der Waals surface area contributed by atoms with Gasteiger partial charge in [0.15, 0.2) is 0 Å². The van der Waals surface area contributed by atoms with E-state index in [-0.39, 0.29) is 16.6 Å². The minimum atomic E-state index is -0.621. The van der Waals surface area contributed by atoms with Crippen LogP contribution in [0.4, 0.5) is 10.1 Å². The fraction of sp³-hybridized carbons (Fsp3) is 0.125. The highest BCUT2D eigenvalue weighted by molar-refractivity contribution is 9.10. The van der Waals surface area contributed by atoms with Crippen LogP contribution in [0, 0.1) is 12.7 Å². The zero-order chi connectivity index (χ0) is 15.1. The van der Waals surface area contributed by atoms with Gasteiger partial charge in [-0.25, -0.2) is 4.39 Å². The van der Waals surface area contributed by atoms with Crippen LogP contribution >= 0.6 is 15.9 Å². The number of hydrogen-bond acceptors (Lipinski definition) is 2. The number of ketones is 1. The number of halogens is 2. The van der Waals surface area contributed by atoms with Crippen LogP contribution in [-0.4, -0.2) is 11.7 Å². The topological polar surface area (TPSA) is 37.4 Å². The molecule has 1 amide bonds. The molecule has 0 saturated carbocycles. The Morgan fingerprint density at radius 1 is 1.19 bits per heavy atom. The summed E-state index contributed by atoms with van der Waals surface area (Å²) >= 11 is 3.04. The lowest BCUT2D eigenvalue weighted by Gasteiger charge is -2.17. The second kappa shape index (κ2) is 5.07. The van der Waals surface area contributed by atoms with Gasteiger partial charge in [0.25, 0.3) is 11.7 Å². The third kappa shape index (κ3) is 2.38. The molecule has 0 unspecified atom stereocenters. The number of carbonyl (C=O) groups excluding carboxylic acids is 2. The maximum atomic E-state index is 13.7. The molecular weight excluding hydrogens is 337 g/mol. The number of aryl methyl sites for hydroxylation is 1. The minimum absolute atomic E-state index is 0.180. The molecule has 0 fully saturated rings. The third-order valence-corrected chi connectivity index (χ3v) is 4.04. The summed E-state index contributed by atoms with van der Waals surface area (Å²) in [5.41, 5.74) is 2.52. The number of anilines is 1. The number of Topliss-reactive ketones (excluding diaryl/α,β-unsaturated/α-hetero) is 1. The molecule has 106 valence electrons. The summed E-state index contributed by atoms with van der Waals surface area (Å²) < 4.78 is 13.9. The fourth-order valence-electron chi connectivity index (χ4n) is 2.44. The molecule has 0 aliphatic carbocycles. The highest BCUT2D eigenvalue weighted by atomic mass is 79.9. The van der Waals surface area contributed by atoms with Crippen molar-refractivity contribution in [2.75, 3.05) is 4.90 Å². The fourth-order valence-corrected chi connectivity index (χ4v) is 2.78. The lowest BCUT2D eigenvalue weighted by atomic mass is 10.1. The van der Waals surface area contributed by atoms with Gasteiger partial charge in [0.05, 0.1) is 22.3 Å². The second-order valence-corrected chi connectivity index (χ2v) is 5.85. The van der Waals surface area contributed by atoms with Crippen molar-refractivity contribution in [3.05, 3.63) is 63.4 Å². The summed E-state index contributed by atoms with van der Waals surface area (Å²) in [5, 5.41) is 0. The number of nitrogens with zero attached hydrogens (tertiary/aromatic N) is 1. The first-order chi connectivity index (χ1) is 9.97. The zero-order valence-corrected chi connectivity index (χ0v) is 12.8. The number of fused-ring (bicyclic) bond motifs is 1. The molecule has 0 atom stereocenters. The molecule has 1 aliphatic heterocycles. The van der Waals surface area contributed by atoms with E-state index in [1.165, 1.54) is 17.0 Å². The van der Waals surface area contributed by atoms with Crippen molar-refractivity contribution in [1.29, 1.82) is 0 Å². The van der Waals surface area contributed by atoms with Gasteiger partial charge in [-0.05, 0) is 40.5 Å². The summed E-state index contributed by atoms with van der Waals surface area (Å²) in [7, 11) is 0. The van der Waals surface area contributed by atoms with Gasteiger partial charge in [0.2, 0.25) is 0 Å². The number of amides is 1. The highest BCUT2D eigenvalue weighted by Crippen LogP contribution is 2.34. The van der Waals surface area contributed by atoms with E-state index in [2.05, 4.69) is 15.9 Å². The van der Waals surface area contributed by atoms with Crippen LogP contribution in [0.3, 0.4) is 0 Å². The lowest BCUT2D eigenvalue weighted by molar-refractivity contribution is -0.114. The Kier molecular flexibility index (Phi) is 3.37. The van der Waals surface area contributed by atoms with Crippen LogP contribution in [0.5, 0.6) is 0 Å². The maximum Gasteiger partial charge on any atom is 0.299 e. The predicted octanol–water partition coefficient (Wildman–Crippen LogP) is 3.63. The molecule has 3 rings (SSSR count). The summed E-state index contributed by atoms with van der Waals surface area (Å²) in [4.78, 5) is 25.4. The molecule has 3 nitrogen and oxygen atoms in total. The van der Waals surface area contributed by atoms with Gasteiger partial charge in [0.1, 0.15) is 5.82 Å². The van der Waals surface area contributed by atoms with E-state index in [1.54, 1.807) is 0 Å². The summed E-state index contributed by atoms with van der Waals surface area (Å²) in [6.07, 6.45) is 0. The van der Waals surface area contributed by atoms with Crippen LogP contribution in [0.25, 0.3) is 0 Å². The van der Waals surface area contributed by atoms with Crippen molar-refractivity contribution < 1.29 is 14.0 Å². The van der Waals surface area contributed by atoms with Crippen molar-refractivity contribution in [1.82, 2.24) is 0 Å². The molecule has 1 aliphatic rings. The standard InChI is InChI=1S/C16H11BrFNO2/c1-9-3-2-4-10(5-9)8-19-14-7-13(18)12(17)6-11(14)15(20)16(19)21/h2-7H,8H2,1H3. The van der Waals surface area contributed by atoms with Crippen LogP contribution in [0.15, 0.2) is 40.9 Å². The average molecular weight is 348 g/mol. The van der Waals surface area contributed by atoms with Crippen molar-refractivity contribution >= 4 is 33.3 Å². The average Bonchev–Trinajstić information content (AvgIpc) is 2.65. The Bertz CT molecular complexity index is 773. The van der Waals surface area contributed by atoms with E-state index >= 15 is 0 Å². The van der Waals surface area contributed by atoms with Crippen LogP contribution in [0.2, 0.25) is 0 Å². The summed E-state index contributed by atoms with van der Waals surface area (Å²) in [5.74, 6) is -1.71. The highest BCUT2D eigenvalue weighted by Gasteiger charge is 2.36. The van der Waals surface area contributed by atoms with E-state index in [0.29, 0.717) is 5.69 Å². The first kappa shape index (κ1) is 13.9. The van der Waals surface area contributed by atoms with E-state index < -0.39 is 17.5 Å². The monoisotopic (exact) mass is 347 g/mol. The molecule has 0 bridgehead atoms. The molecule has 2 aromatic rings. The van der Waals surface area contributed by atoms with Gasteiger partial charge in [-0.3, -0.25) is 9.59 Å². The van der Waals surface area contributed by atoms with Gasteiger partial charge < -0.3 is 4.90 Å². The molecule has 0 radical (unpaired) electrons. The molecule has 0 N–H and O–H groups in total.